The molecule has 2 heterocycles. The Kier molecular flexibility index (Phi) is 1.68. The molecule has 0 spiro atoms. The third kappa shape index (κ3) is 1.34. The highest BCUT2D eigenvalue weighted by Crippen LogP contribution is 2.29. The zero-order valence-corrected chi connectivity index (χ0v) is 8.36. The minimum atomic E-state index is 0.718. The molecule has 1 aliphatic heterocycles. The Morgan fingerprint density at radius 2 is 2.07 bits per heavy atom. The highest BCUT2D eigenvalue weighted by atomic mass is 15.2. The molecule has 0 bridgehead atoms. The Bertz CT molecular complexity index is 522. The summed E-state index contributed by atoms with van der Waals surface area (Å²) in [6.45, 7) is 1.85. The van der Waals surface area contributed by atoms with E-state index in [1.165, 1.54) is 5.56 Å². The standard InChI is InChI=1S/C11H10N4/c1-7-12-10-6-8-4-2-3-5-9(8)13-11(10)15-14-7/h2-5H,6H2,1H3,(H,13,15). The molecular weight excluding hydrogens is 188 g/mol. The van der Waals surface area contributed by atoms with E-state index in [0.717, 1.165) is 29.4 Å². The molecular formula is C11H10N4. The van der Waals surface area contributed by atoms with Gasteiger partial charge in [0.15, 0.2) is 5.82 Å². The molecule has 0 saturated carbocycles. The second kappa shape index (κ2) is 3.02. The molecule has 0 aliphatic carbocycles. The third-order valence-electron chi connectivity index (χ3n) is 2.49. The highest BCUT2D eigenvalue weighted by molar-refractivity contribution is 5.66. The number of aryl methyl sites for hydroxylation is 1. The maximum atomic E-state index is 4.38. The van der Waals surface area contributed by atoms with Crippen molar-refractivity contribution in [1.29, 1.82) is 0 Å². The van der Waals surface area contributed by atoms with Crippen molar-refractivity contribution >= 4 is 11.5 Å². The van der Waals surface area contributed by atoms with Crippen LogP contribution < -0.4 is 5.32 Å². The first kappa shape index (κ1) is 8.35. The van der Waals surface area contributed by atoms with Crippen molar-refractivity contribution in [2.45, 2.75) is 13.3 Å². The van der Waals surface area contributed by atoms with E-state index < -0.39 is 0 Å². The first-order chi connectivity index (χ1) is 7.33. The van der Waals surface area contributed by atoms with Crippen molar-refractivity contribution in [3.05, 3.63) is 41.3 Å². The fraction of sp³-hybridized carbons (Fsp3) is 0.182. The third-order valence-corrected chi connectivity index (χ3v) is 2.49. The number of rotatable bonds is 0. The van der Waals surface area contributed by atoms with Crippen LogP contribution in [0.15, 0.2) is 24.3 Å². The molecule has 4 heteroatoms. The first-order valence-electron chi connectivity index (χ1n) is 4.88. The fourth-order valence-electron chi connectivity index (χ4n) is 1.78. The van der Waals surface area contributed by atoms with Crippen LogP contribution in [-0.4, -0.2) is 15.2 Å². The van der Waals surface area contributed by atoms with Gasteiger partial charge in [-0.3, -0.25) is 0 Å². The summed E-state index contributed by atoms with van der Waals surface area (Å²) in [5.41, 5.74) is 3.33. The maximum absolute atomic E-state index is 4.38. The van der Waals surface area contributed by atoms with Crippen LogP contribution in [-0.2, 0) is 6.42 Å². The normalized spacial score (nSPS) is 12.6. The molecule has 1 aromatic heterocycles. The van der Waals surface area contributed by atoms with Crippen molar-refractivity contribution in [3.63, 3.8) is 0 Å². The van der Waals surface area contributed by atoms with Gasteiger partial charge in [0.05, 0.1) is 5.69 Å². The van der Waals surface area contributed by atoms with Crippen LogP contribution in [0.4, 0.5) is 11.5 Å². The first-order valence-corrected chi connectivity index (χ1v) is 4.88. The van der Waals surface area contributed by atoms with E-state index in [-0.39, 0.29) is 0 Å². The predicted molar refractivity (Wildman–Crippen MR) is 57.1 cm³/mol. The average molecular weight is 198 g/mol. The quantitative estimate of drug-likeness (QED) is 0.598. The SMILES string of the molecule is Cc1nnc2c(n1)Cc1ccccc1N2. The molecule has 0 unspecified atom stereocenters. The van der Waals surface area contributed by atoms with Gasteiger partial charge in [-0.15, -0.1) is 10.2 Å². The van der Waals surface area contributed by atoms with Gasteiger partial charge in [0.25, 0.3) is 0 Å². The average Bonchev–Trinajstić information content (AvgIpc) is 2.26. The van der Waals surface area contributed by atoms with Gasteiger partial charge in [0.1, 0.15) is 5.82 Å². The Balaban J connectivity index is 2.11. The van der Waals surface area contributed by atoms with E-state index in [2.05, 4.69) is 26.6 Å². The molecule has 15 heavy (non-hydrogen) atoms. The van der Waals surface area contributed by atoms with Gasteiger partial charge < -0.3 is 5.32 Å². The van der Waals surface area contributed by atoms with Crippen molar-refractivity contribution in [2.24, 2.45) is 0 Å². The lowest BCUT2D eigenvalue weighted by atomic mass is 10.0. The second-order valence-corrected chi connectivity index (χ2v) is 3.61. The van der Waals surface area contributed by atoms with Crippen LogP contribution in [0.1, 0.15) is 17.1 Å². The lowest BCUT2D eigenvalue weighted by molar-refractivity contribution is 0.861. The molecule has 0 radical (unpaired) electrons. The number of hydrogen-bond donors (Lipinski definition) is 1. The minimum Gasteiger partial charge on any atom is -0.337 e. The number of fused-ring (bicyclic) bond motifs is 2. The van der Waals surface area contributed by atoms with Crippen LogP contribution in [0.25, 0.3) is 0 Å². The van der Waals surface area contributed by atoms with Crippen molar-refractivity contribution < 1.29 is 0 Å². The molecule has 0 atom stereocenters. The summed E-state index contributed by atoms with van der Waals surface area (Å²) in [7, 11) is 0. The number of nitrogens with zero attached hydrogens (tertiary/aromatic N) is 3. The minimum absolute atomic E-state index is 0.718. The Morgan fingerprint density at radius 3 is 3.00 bits per heavy atom. The van der Waals surface area contributed by atoms with Gasteiger partial charge in [-0.1, -0.05) is 18.2 Å². The zero-order chi connectivity index (χ0) is 10.3. The zero-order valence-electron chi connectivity index (χ0n) is 8.36. The largest absolute Gasteiger partial charge is 0.337 e. The lowest BCUT2D eigenvalue weighted by Crippen LogP contribution is -2.12. The van der Waals surface area contributed by atoms with E-state index in [4.69, 9.17) is 0 Å². The van der Waals surface area contributed by atoms with Crippen molar-refractivity contribution in [3.8, 4) is 0 Å². The van der Waals surface area contributed by atoms with Gasteiger partial charge in [0.2, 0.25) is 0 Å². The summed E-state index contributed by atoms with van der Waals surface area (Å²) in [6, 6.07) is 8.18. The number of anilines is 2. The number of para-hydroxylation sites is 1. The molecule has 0 saturated heterocycles. The summed E-state index contributed by atoms with van der Waals surface area (Å²) in [5.74, 6) is 1.49. The van der Waals surface area contributed by atoms with E-state index in [9.17, 15) is 0 Å². The number of aromatic nitrogens is 3. The van der Waals surface area contributed by atoms with Gasteiger partial charge in [-0.2, -0.15) is 0 Å². The summed E-state index contributed by atoms with van der Waals surface area (Å²) < 4.78 is 0. The molecule has 3 rings (SSSR count). The van der Waals surface area contributed by atoms with E-state index in [1.54, 1.807) is 0 Å². The van der Waals surface area contributed by atoms with Crippen LogP contribution in [0.5, 0.6) is 0 Å². The van der Waals surface area contributed by atoms with E-state index in [1.807, 2.05) is 25.1 Å². The van der Waals surface area contributed by atoms with Crippen LogP contribution >= 0.6 is 0 Å². The van der Waals surface area contributed by atoms with Crippen LogP contribution in [0.2, 0.25) is 0 Å². The molecule has 2 aromatic rings. The van der Waals surface area contributed by atoms with Gasteiger partial charge in [0, 0.05) is 12.1 Å². The molecule has 1 aromatic carbocycles. The monoisotopic (exact) mass is 198 g/mol. The topological polar surface area (TPSA) is 50.7 Å². The molecule has 0 amide bonds. The van der Waals surface area contributed by atoms with Crippen LogP contribution in [0.3, 0.4) is 0 Å². The molecule has 74 valence electrons. The summed E-state index contributed by atoms with van der Waals surface area (Å²) >= 11 is 0. The maximum Gasteiger partial charge on any atom is 0.175 e. The van der Waals surface area contributed by atoms with Crippen molar-refractivity contribution in [2.75, 3.05) is 5.32 Å². The molecule has 0 fully saturated rings. The van der Waals surface area contributed by atoms with E-state index >= 15 is 0 Å². The molecule has 1 aliphatic rings. The Morgan fingerprint density at radius 1 is 1.20 bits per heavy atom. The predicted octanol–water partition coefficient (Wildman–Crippen LogP) is 1.83. The smallest absolute Gasteiger partial charge is 0.175 e. The van der Waals surface area contributed by atoms with E-state index in [0.29, 0.717) is 0 Å². The van der Waals surface area contributed by atoms with Gasteiger partial charge >= 0.3 is 0 Å². The number of benzene rings is 1. The summed E-state index contributed by atoms with van der Waals surface area (Å²) in [5, 5.41) is 11.3. The summed E-state index contributed by atoms with van der Waals surface area (Å²) in [6.07, 6.45) is 0.828. The second-order valence-electron chi connectivity index (χ2n) is 3.61. The van der Waals surface area contributed by atoms with Gasteiger partial charge in [-0.25, -0.2) is 4.98 Å². The highest BCUT2D eigenvalue weighted by Gasteiger charge is 2.16. The van der Waals surface area contributed by atoms with Crippen LogP contribution in [0, 0.1) is 6.92 Å². The molecule has 1 N–H and O–H groups in total. The Hall–Kier alpha value is -1.97. The van der Waals surface area contributed by atoms with Crippen molar-refractivity contribution in [1.82, 2.24) is 15.2 Å². The number of hydrogen-bond acceptors (Lipinski definition) is 4. The fourth-order valence-corrected chi connectivity index (χ4v) is 1.78. The molecule has 4 nitrogen and oxygen atoms in total. The summed E-state index contributed by atoms with van der Waals surface area (Å²) in [4.78, 5) is 4.38. The van der Waals surface area contributed by atoms with Gasteiger partial charge in [-0.05, 0) is 18.6 Å². The Labute approximate surface area is 87.4 Å². The lowest BCUT2D eigenvalue weighted by Gasteiger charge is -2.18. The number of nitrogens with one attached hydrogen (secondary N) is 1.